The highest BCUT2D eigenvalue weighted by Gasteiger charge is 2.21. The molecule has 0 saturated heterocycles. The van der Waals surface area contributed by atoms with Crippen LogP contribution in [0.3, 0.4) is 0 Å². The van der Waals surface area contributed by atoms with Crippen molar-refractivity contribution in [3.63, 3.8) is 0 Å². The zero-order chi connectivity index (χ0) is 18.4. The number of hydrazine groups is 2. The lowest BCUT2D eigenvalue weighted by Crippen LogP contribution is -2.52. The quantitative estimate of drug-likeness (QED) is 0.557. The standard InChI is InChI=1S/C21H27N3S2/c1-2-3-8-17-13-23(20-11-6-4-9-18(20)15-25)22-24(14-17)21-12-7-5-10-19(21)16-26/h4-7,9-13,22,25-26H,2-3,8,14-16H2,1H3. The normalized spacial score (nSPS) is 14.5. The van der Waals surface area contributed by atoms with Crippen LogP contribution >= 0.6 is 25.3 Å². The van der Waals surface area contributed by atoms with Crippen molar-refractivity contribution in [2.75, 3.05) is 16.6 Å². The van der Waals surface area contributed by atoms with Gasteiger partial charge in [0.1, 0.15) is 0 Å². The molecule has 0 aromatic heterocycles. The molecule has 1 N–H and O–H groups in total. The van der Waals surface area contributed by atoms with Gasteiger partial charge in [-0.1, -0.05) is 49.7 Å². The van der Waals surface area contributed by atoms with E-state index in [-0.39, 0.29) is 0 Å². The minimum Gasteiger partial charge on any atom is -0.286 e. The second kappa shape index (κ2) is 9.40. The molecule has 0 bridgehead atoms. The van der Waals surface area contributed by atoms with E-state index in [2.05, 4.69) is 102 Å². The average molecular weight is 386 g/mol. The number of hydrogen-bond acceptors (Lipinski definition) is 5. The number of rotatable bonds is 7. The Morgan fingerprint density at radius 3 is 2.19 bits per heavy atom. The van der Waals surface area contributed by atoms with Gasteiger partial charge in [0, 0.05) is 17.7 Å². The fourth-order valence-electron chi connectivity index (χ4n) is 3.22. The van der Waals surface area contributed by atoms with E-state index < -0.39 is 0 Å². The van der Waals surface area contributed by atoms with E-state index in [0.29, 0.717) is 5.75 Å². The first-order chi connectivity index (χ1) is 12.8. The first-order valence-electron chi connectivity index (χ1n) is 9.17. The third kappa shape index (κ3) is 4.40. The summed E-state index contributed by atoms with van der Waals surface area (Å²) in [5.41, 5.74) is 9.74. The maximum absolute atomic E-state index is 4.51. The number of nitrogens with zero attached hydrogens (tertiary/aromatic N) is 2. The van der Waals surface area contributed by atoms with Gasteiger partial charge in [0.05, 0.1) is 17.9 Å². The molecule has 0 aliphatic carbocycles. The summed E-state index contributed by atoms with van der Waals surface area (Å²) in [4.78, 5) is 0. The van der Waals surface area contributed by atoms with Gasteiger partial charge in [0.15, 0.2) is 0 Å². The van der Waals surface area contributed by atoms with Crippen LogP contribution in [0.2, 0.25) is 0 Å². The topological polar surface area (TPSA) is 18.5 Å². The van der Waals surface area contributed by atoms with Crippen LogP contribution < -0.4 is 15.6 Å². The Labute approximate surface area is 167 Å². The Bertz CT molecular complexity index is 760. The highest BCUT2D eigenvalue weighted by atomic mass is 32.1. The van der Waals surface area contributed by atoms with E-state index in [4.69, 9.17) is 0 Å². The molecule has 0 unspecified atom stereocenters. The van der Waals surface area contributed by atoms with Crippen LogP contribution in [0.1, 0.15) is 37.3 Å². The molecule has 2 aromatic rings. The van der Waals surface area contributed by atoms with Crippen molar-refractivity contribution < 1.29 is 0 Å². The van der Waals surface area contributed by atoms with Crippen molar-refractivity contribution in [3.8, 4) is 0 Å². The fraction of sp³-hybridized carbons (Fsp3) is 0.333. The summed E-state index contributed by atoms with van der Waals surface area (Å²) >= 11 is 9.01. The molecule has 1 aliphatic rings. The molecular formula is C21H27N3S2. The van der Waals surface area contributed by atoms with Crippen molar-refractivity contribution in [1.29, 1.82) is 0 Å². The largest absolute Gasteiger partial charge is 0.286 e. The summed E-state index contributed by atoms with van der Waals surface area (Å²) in [5.74, 6) is 1.43. The predicted molar refractivity (Wildman–Crippen MR) is 119 cm³/mol. The SMILES string of the molecule is CCCCC1=CN(c2ccccc2CS)NN(c2ccccc2CS)C1. The molecule has 0 spiro atoms. The molecule has 138 valence electrons. The molecule has 0 atom stereocenters. The Morgan fingerprint density at radius 2 is 1.54 bits per heavy atom. The third-order valence-electron chi connectivity index (χ3n) is 4.63. The van der Waals surface area contributed by atoms with Gasteiger partial charge in [0.25, 0.3) is 0 Å². The first-order valence-corrected chi connectivity index (χ1v) is 10.4. The van der Waals surface area contributed by atoms with Crippen LogP contribution in [-0.4, -0.2) is 6.54 Å². The van der Waals surface area contributed by atoms with Gasteiger partial charge in [-0.05, 0) is 41.7 Å². The first kappa shape index (κ1) is 19.2. The molecule has 26 heavy (non-hydrogen) atoms. The van der Waals surface area contributed by atoms with Gasteiger partial charge >= 0.3 is 0 Å². The average Bonchev–Trinajstić information content (AvgIpc) is 2.71. The summed E-state index contributed by atoms with van der Waals surface area (Å²) in [6.45, 7) is 3.12. The summed E-state index contributed by atoms with van der Waals surface area (Å²) in [5, 5.41) is 4.36. The second-order valence-electron chi connectivity index (χ2n) is 6.52. The van der Waals surface area contributed by atoms with Gasteiger partial charge in [0.2, 0.25) is 0 Å². The summed E-state index contributed by atoms with van der Waals surface area (Å²) in [6, 6.07) is 16.9. The molecule has 3 rings (SSSR count). The predicted octanol–water partition coefficient (Wildman–Crippen LogP) is 5.37. The highest BCUT2D eigenvalue weighted by molar-refractivity contribution is 7.79. The van der Waals surface area contributed by atoms with E-state index in [1.165, 1.54) is 35.2 Å². The minimum atomic E-state index is 0.708. The van der Waals surface area contributed by atoms with Gasteiger partial charge < -0.3 is 0 Å². The molecule has 1 heterocycles. The van der Waals surface area contributed by atoms with Crippen LogP contribution in [0.5, 0.6) is 0 Å². The highest BCUT2D eigenvalue weighted by Crippen LogP contribution is 2.29. The van der Waals surface area contributed by atoms with Gasteiger partial charge in [-0.2, -0.15) is 25.3 Å². The van der Waals surface area contributed by atoms with Crippen LogP contribution in [0.4, 0.5) is 11.4 Å². The summed E-state index contributed by atoms with van der Waals surface area (Å²) in [7, 11) is 0. The van der Waals surface area contributed by atoms with E-state index >= 15 is 0 Å². The van der Waals surface area contributed by atoms with Crippen LogP contribution in [0.25, 0.3) is 0 Å². The molecule has 0 fully saturated rings. The Balaban J connectivity index is 1.96. The number of benzene rings is 2. The van der Waals surface area contributed by atoms with Crippen molar-refractivity contribution >= 4 is 36.6 Å². The van der Waals surface area contributed by atoms with E-state index in [1.54, 1.807) is 0 Å². The van der Waals surface area contributed by atoms with Crippen LogP contribution in [-0.2, 0) is 11.5 Å². The van der Waals surface area contributed by atoms with E-state index in [1.807, 2.05) is 0 Å². The van der Waals surface area contributed by atoms with Crippen molar-refractivity contribution in [2.45, 2.75) is 37.7 Å². The number of unbranched alkanes of at least 4 members (excludes halogenated alkanes) is 1. The maximum atomic E-state index is 4.51. The number of para-hydroxylation sites is 2. The maximum Gasteiger partial charge on any atom is 0.0629 e. The second-order valence-corrected chi connectivity index (χ2v) is 7.15. The molecule has 3 nitrogen and oxygen atoms in total. The monoisotopic (exact) mass is 385 g/mol. The zero-order valence-corrected chi connectivity index (χ0v) is 17.0. The Hall–Kier alpha value is -1.56. The number of nitrogens with one attached hydrogen (secondary N) is 1. The van der Waals surface area contributed by atoms with Crippen molar-refractivity contribution in [1.82, 2.24) is 5.53 Å². The Kier molecular flexibility index (Phi) is 6.94. The van der Waals surface area contributed by atoms with E-state index in [0.717, 1.165) is 24.4 Å². The fourth-order valence-corrected chi connectivity index (χ4v) is 3.75. The molecular weight excluding hydrogens is 358 g/mol. The van der Waals surface area contributed by atoms with E-state index in [9.17, 15) is 0 Å². The Morgan fingerprint density at radius 1 is 0.923 bits per heavy atom. The molecule has 0 radical (unpaired) electrons. The molecule has 0 saturated carbocycles. The zero-order valence-electron chi connectivity index (χ0n) is 15.2. The van der Waals surface area contributed by atoms with Crippen molar-refractivity contribution in [3.05, 3.63) is 71.4 Å². The molecule has 0 amide bonds. The molecule has 5 heteroatoms. The molecule has 2 aromatic carbocycles. The lowest BCUT2D eigenvalue weighted by Gasteiger charge is -2.39. The number of thiol groups is 2. The lowest BCUT2D eigenvalue weighted by atomic mass is 10.1. The minimum absolute atomic E-state index is 0.708. The van der Waals surface area contributed by atoms with Crippen LogP contribution in [0.15, 0.2) is 60.3 Å². The van der Waals surface area contributed by atoms with Gasteiger partial charge in [-0.25, -0.2) is 0 Å². The van der Waals surface area contributed by atoms with Crippen LogP contribution in [0, 0.1) is 0 Å². The molecule has 1 aliphatic heterocycles. The smallest absolute Gasteiger partial charge is 0.0629 e. The van der Waals surface area contributed by atoms with Crippen molar-refractivity contribution in [2.24, 2.45) is 0 Å². The van der Waals surface area contributed by atoms with Gasteiger partial charge in [-0.15, -0.1) is 5.53 Å². The number of hydrogen-bond donors (Lipinski definition) is 3. The van der Waals surface area contributed by atoms with Gasteiger partial charge in [-0.3, -0.25) is 10.0 Å². The summed E-state index contributed by atoms with van der Waals surface area (Å²) in [6.07, 6.45) is 5.76. The lowest BCUT2D eigenvalue weighted by molar-refractivity contribution is 0.600. The third-order valence-corrected chi connectivity index (χ3v) is 5.31. The number of anilines is 2. The summed E-state index contributed by atoms with van der Waals surface area (Å²) < 4.78 is 0.